The maximum absolute atomic E-state index is 14.3. The Morgan fingerprint density at radius 1 is 1.08 bits per heavy atom. The van der Waals surface area contributed by atoms with E-state index in [1.54, 1.807) is 31.6 Å². The molecule has 1 aromatic heterocycles. The number of nitrogens with zero attached hydrogens (tertiary/aromatic N) is 3. The summed E-state index contributed by atoms with van der Waals surface area (Å²) in [7, 11) is -1.82. The highest BCUT2D eigenvalue weighted by molar-refractivity contribution is 7.90. The molecule has 1 aliphatic heterocycles. The number of likely N-dealkylation sites (tertiary alicyclic amines) is 1. The second kappa shape index (κ2) is 9.95. The van der Waals surface area contributed by atoms with Gasteiger partial charge >= 0.3 is 0 Å². The van der Waals surface area contributed by atoms with E-state index in [1.807, 2.05) is 30.0 Å². The molecule has 0 bridgehead atoms. The highest BCUT2D eigenvalue weighted by Crippen LogP contribution is 2.57. The Morgan fingerprint density at radius 2 is 1.76 bits per heavy atom. The van der Waals surface area contributed by atoms with Gasteiger partial charge in [0.15, 0.2) is 0 Å². The van der Waals surface area contributed by atoms with Crippen molar-refractivity contribution in [3.05, 3.63) is 63.9 Å². The third-order valence-electron chi connectivity index (χ3n) is 8.13. The molecular formula is C27H31Cl2N3O4S. The van der Waals surface area contributed by atoms with E-state index < -0.39 is 21.5 Å². The lowest BCUT2D eigenvalue weighted by Gasteiger charge is -2.55. The molecule has 3 fully saturated rings. The second-order valence-corrected chi connectivity index (χ2v) is 13.9. The summed E-state index contributed by atoms with van der Waals surface area (Å²) in [4.78, 5) is 32.7. The van der Waals surface area contributed by atoms with E-state index in [1.165, 1.54) is 4.31 Å². The molecule has 1 amide bonds. The lowest BCUT2D eigenvalue weighted by atomic mass is 9.57. The molecule has 10 heteroatoms. The van der Waals surface area contributed by atoms with Gasteiger partial charge in [-0.1, -0.05) is 42.3 Å². The van der Waals surface area contributed by atoms with Crippen molar-refractivity contribution in [3.63, 3.8) is 0 Å². The van der Waals surface area contributed by atoms with Crippen LogP contribution in [0.3, 0.4) is 0 Å². The topological polar surface area (TPSA) is 87.7 Å². The summed E-state index contributed by atoms with van der Waals surface area (Å²) in [6.45, 7) is 2.16. The van der Waals surface area contributed by atoms with Crippen LogP contribution >= 0.6 is 23.2 Å². The molecular weight excluding hydrogens is 533 g/mol. The van der Waals surface area contributed by atoms with Crippen LogP contribution in [0.1, 0.15) is 68.5 Å². The third kappa shape index (κ3) is 4.93. The number of aromatic nitrogens is 1. The number of Topliss-reactive ketones (excluding diaryl/α,β-unsaturated/α-hetero) is 1. The van der Waals surface area contributed by atoms with Gasteiger partial charge in [-0.3, -0.25) is 14.6 Å². The van der Waals surface area contributed by atoms with Crippen molar-refractivity contribution in [2.45, 2.75) is 68.7 Å². The molecule has 1 spiro atoms. The molecule has 7 nitrogen and oxygen atoms in total. The van der Waals surface area contributed by atoms with E-state index in [-0.39, 0.29) is 48.3 Å². The summed E-state index contributed by atoms with van der Waals surface area (Å²) in [5.41, 5.74) is 0.987. The number of carbonyl (C=O) groups excluding carboxylic acids is 2. The lowest BCUT2D eigenvalue weighted by molar-refractivity contribution is -0.168. The molecule has 3 atom stereocenters. The molecule has 37 heavy (non-hydrogen) atoms. The van der Waals surface area contributed by atoms with Crippen molar-refractivity contribution >= 4 is 44.9 Å². The number of likely N-dealkylation sites (N-methyl/N-ethyl adjacent to an activating group) is 1. The van der Waals surface area contributed by atoms with Gasteiger partial charge < -0.3 is 4.90 Å². The molecule has 2 saturated carbocycles. The van der Waals surface area contributed by atoms with Crippen molar-refractivity contribution in [3.8, 4) is 0 Å². The van der Waals surface area contributed by atoms with Crippen molar-refractivity contribution in [1.29, 1.82) is 0 Å². The molecule has 0 radical (unpaired) electrons. The molecule has 0 N–H and O–H groups in total. The summed E-state index contributed by atoms with van der Waals surface area (Å²) in [6.07, 6.45) is 6.15. The number of hydrogen-bond donors (Lipinski definition) is 0. The quantitative estimate of drug-likeness (QED) is 0.451. The van der Waals surface area contributed by atoms with Crippen LogP contribution in [0, 0.1) is 5.41 Å². The average molecular weight is 565 g/mol. The number of pyridine rings is 1. The van der Waals surface area contributed by atoms with Crippen LogP contribution in [0.5, 0.6) is 0 Å². The number of amides is 1. The van der Waals surface area contributed by atoms with Gasteiger partial charge in [-0.2, -0.15) is 0 Å². The molecule has 5 rings (SSSR count). The lowest BCUT2D eigenvalue weighted by Crippen LogP contribution is -2.62. The fraction of sp³-hybridized carbons (Fsp3) is 0.519. The number of rotatable bonds is 8. The highest BCUT2D eigenvalue weighted by Gasteiger charge is 2.59. The predicted octanol–water partition coefficient (Wildman–Crippen LogP) is 5.00. The molecule has 2 aliphatic carbocycles. The zero-order chi connectivity index (χ0) is 26.5. The van der Waals surface area contributed by atoms with E-state index in [9.17, 15) is 18.0 Å². The largest absolute Gasteiger partial charge is 0.330 e. The van der Waals surface area contributed by atoms with Gasteiger partial charge in [-0.15, -0.1) is 0 Å². The number of hydrogen-bond acceptors (Lipinski definition) is 5. The molecule has 1 saturated heterocycles. The first-order valence-electron chi connectivity index (χ1n) is 12.7. The van der Waals surface area contributed by atoms with Gasteiger partial charge in [0.05, 0.1) is 21.7 Å². The molecule has 198 valence electrons. The number of sulfonamides is 1. The minimum absolute atomic E-state index is 0.0719. The standard InChI is InChI=1S/C27H31Cl2N3O4S/c1-3-21(16-31(2)37(35,36)23-8-9-23)32-25(17-4-6-19(28)7-5-17)24(18-10-20(29)15-30-14-18)13-27(26(32)34)11-22(33)12-27/h4-7,10,14-15,21,23-25H,3,8-9,11-13,16H2,1-2H3/t21-,24+,25+/m0/s1. The highest BCUT2D eigenvalue weighted by atomic mass is 35.5. The molecule has 1 aromatic carbocycles. The number of benzene rings is 1. The van der Waals surface area contributed by atoms with Crippen LogP contribution in [0.15, 0.2) is 42.7 Å². The van der Waals surface area contributed by atoms with Gasteiger partial charge in [0.1, 0.15) is 5.78 Å². The smallest absolute Gasteiger partial charge is 0.230 e. The maximum Gasteiger partial charge on any atom is 0.230 e. The van der Waals surface area contributed by atoms with Gasteiger partial charge in [-0.05, 0) is 55.0 Å². The van der Waals surface area contributed by atoms with E-state index in [0.717, 1.165) is 11.1 Å². The Hall–Kier alpha value is -2.00. The molecule has 0 unspecified atom stereocenters. The summed E-state index contributed by atoms with van der Waals surface area (Å²) in [5.74, 6) is -0.192. The van der Waals surface area contributed by atoms with Crippen LogP contribution in [0.25, 0.3) is 0 Å². The zero-order valence-electron chi connectivity index (χ0n) is 20.9. The Kier molecular flexibility index (Phi) is 7.15. The number of halogens is 2. The van der Waals surface area contributed by atoms with Gasteiger partial charge in [0.2, 0.25) is 15.9 Å². The first-order chi connectivity index (χ1) is 17.6. The fourth-order valence-electron chi connectivity index (χ4n) is 6.02. The predicted molar refractivity (Wildman–Crippen MR) is 143 cm³/mol. The van der Waals surface area contributed by atoms with Gasteiger partial charge in [0, 0.05) is 55.8 Å². The normalized spacial score (nSPS) is 24.4. The summed E-state index contributed by atoms with van der Waals surface area (Å²) < 4.78 is 27.4. The first-order valence-corrected chi connectivity index (χ1v) is 15.0. The number of carbonyl (C=O) groups is 2. The zero-order valence-corrected chi connectivity index (χ0v) is 23.3. The van der Waals surface area contributed by atoms with E-state index in [0.29, 0.717) is 35.7 Å². The van der Waals surface area contributed by atoms with Crippen molar-refractivity contribution in [2.75, 3.05) is 13.6 Å². The Bertz CT molecular complexity index is 1310. The van der Waals surface area contributed by atoms with E-state index >= 15 is 0 Å². The van der Waals surface area contributed by atoms with Gasteiger partial charge in [-0.25, -0.2) is 12.7 Å². The van der Waals surface area contributed by atoms with Crippen molar-refractivity contribution in [1.82, 2.24) is 14.2 Å². The van der Waals surface area contributed by atoms with Crippen LogP contribution in [0.4, 0.5) is 0 Å². The Balaban J connectivity index is 1.61. The summed E-state index contributed by atoms with van der Waals surface area (Å²) in [5, 5.41) is 0.749. The third-order valence-corrected chi connectivity index (χ3v) is 10.9. The van der Waals surface area contributed by atoms with Crippen LogP contribution in [0.2, 0.25) is 10.0 Å². The van der Waals surface area contributed by atoms with Crippen molar-refractivity contribution < 1.29 is 18.0 Å². The van der Waals surface area contributed by atoms with Crippen LogP contribution in [-0.4, -0.2) is 59.2 Å². The Morgan fingerprint density at radius 3 is 2.32 bits per heavy atom. The maximum atomic E-state index is 14.3. The minimum Gasteiger partial charge on any atom is -0.330 e. The fourth-order valence-corrected chi connectivity index (χ4v) is 7.95. The average Bonchev–Trinajstić information content (AvgIpc) is 3.70. The SMILES string of the molecule is CC[C@@H](CN(C)S(=O)(=O)C1CC1)N1C(=O)C2(CC(=O)C2)C[C@H](c2cncc(Cl)c2)[C@H]1c1ccc(Cl)cc1. The van der Waals surface area contributed by atoms with E-state index in [4.69, 9.17) is 23.2 Å². The van der Waals surface area contributed by atoms with E-state index in [2.05, 4.69) is 4.98 Å². The monoisotopic (exact) mass is 563 g/mol. The first kappa shape index (κ1) is 26.6. The van der Waals surface area contributed by atoms with Crippen LogP contribution in [-0.2, 0) is 19.6 Å². The molecule has 2 aromatic rings. The summed E-state index contributed by atoms with van der Waals surface area (Å²) >= 11 is 12.6. The minimum atomic E-state index is -3.42. The van der Waals surface area contributed by atoms with Crippen LogP contribution < -0.4 is 0 Å². The number of piperidine rings is 1. The number of ketones is 1. The van der Waals surface area contributed by atoms with Crippen molar-refractivity contribution in [2.24, 2.45) is 5.41 Å². The Labute approximate surface area is 228 Å². The van der Waals surface area contributed by atoms with Gasteiger partial charge in [0.25, 0.3) is 0 Å². The molecule has 2 heterocycles. The molecule has 3 aliphatic rings. The second-order valence-electron chi connectivity index (χ2n) is 10.7. The summed E-state index contributed by atoms with van der Waals surface area (Å²) in [6, 6.07) is 8.53.